The van der Waals surface area contributed by atoms with E-state index in [1.165, 1.54) is 103 Å². The Kier molecular flexibility index (Phi) is 34.5. The van der Waals surface area contributed by atoms with Gasteiger partial charge in [-0.2, -0.15) is 0 Å². The number of carbonyl (C=O) groups is 6. The van der Waals surface area contributed by atoms with Crippen LogP contribution in [-0.4, -0.2) is 109 Å². The maximum atomic E-state index is 13.6. The van der Waals surface area contributed by atoms with Crippen LogP contribution in [0.1, 0.15) is 232 Å². The lowest BCUT2D eigenvalue weighted by Gasteiger charge is -2.27. The van der Waals surface area contributed by atoms with Gasteiger partial charge in [0.2, 0.25) is 35.4 Å². The van der Waals surface area contributed by atoms with Crippen LogP contribution in [0.5, 0.6) is 0 Å². The van der Waals surface area contributed by atoms with Gasteiger partial charge in [0, 0.05) is 39.0 Å². The Labute approximate surface area is 401 Å². The summed E-state index contributed by atoms with van der Waals surface area (Å²) in [5.41, 5.74) is 11.5. The van der Waals surface area contributed by atoms with E-state index in [4.69, 9.17) is 11.5 Å². The molecule has 2 aliphatic rings. The fourth-order valence-corrected chi connectivity index (χ4v) is 9.52. The van der Waals surface area contributed by atoms with Gasteiger partial charge in [0.1, 0.15) is 24.2 Å². The minimum absolute atomic E-state index is 0.00448. The van der Waals surface area contributed by atoms with E-state index >= 15 is 0 Å². The lowest BCUT2D eigenvalue weighted by Crippen LogP contribution is -2.54. The number of rotatable bonds is 41. The maximum absolute atomic E-state index is 13.6. The van der Waals surface area contributed by atoms with Gasteiger partial charge < -0.3 is 42.5 Å². The lowest BCUT2D eigenvalue weighted by atomic mass is 10.0. The average molecular weight is 931 g/mol. The maximum Gasteiger partial charge on any atom is 0.243 e. The molecule has 2 heterocycles. The number of hydrogen-bond donors (Lipinski definition) is 6. The highest BCUT2D eigenvalue weighted by molar-refractivity contribution is 5.93. The summed E-state index contributed by atoms with van der Waals surface area (Å²) in [5, 5.41) is 11.6. The van der Waals surface area contributed by atoms with Gasteiger partial charge in [-0.1, -0.05) is 142 Å². The van der Waals surface area contributed by atoms with Crippen LogP contribution in [0.15, 0.2) is 0 Å². The molecule has 0 aromatic carbocycles. The molecule has 0 saturated carbocycles. The van der Waals surface area contributed by atoms with Crippen molar-refractivity contribution in [1.82, 2.24) is 31.1 Å². The van der Waals surface area contributed by atoms with Crippen molar-refractivity contribution in [2.24, 2.45) is 11.5 Å². The molecule has 66 heavy (non-hydrogen) atoms. The monoisotopic (exact) mass is 931 g/mol. The molecule has 8 N–H and O–H groups in total. The van der Waals surface area contributed by atoms with Gasteiger partial charge in [-0.25, -0.2) is 0 Å². The van der Waals surface area contributed by atoms with E-state index in [1.807, 2.05) is 0 Å². The molecular weight excluding hydrogens is 833 g/mol. The van der Waals surface area contributed by atoms with Crippen molar-refractivity contribution in [3.63, 3.8) is 0 Å². The van der Waals surface area contributed by atoms with Crippen LogP contribution in [0.2, 0.25) is 0 Å². The molecule has 14 heteroatoms. The van der Waals surface area contributed by atoms with E-state index in [1.54, 1.807) is 9.80 Å². The first-order chi connectivity index (χ1) is 32.2. The molecule has 2 rings (SSSR count). The summed E-state index contributed by atoms with van der Waals surface area (Å²) >= 11 is 0. The smallest absolute Gasteiger partial charge is 0.243 e. The Morgan fingerprint density at radius 1 is 0.455 bits per heavy atom. The number of nitrogens with two attached hydrogens (primary N) is 2. The molecule has 0 aromatic rings. The summed E-state index contributed by atoms with van der Waals surface area (Å²) in [5.74, 6) is -1.34. The fourth-order valence-electron chi connectivity index (χ4n) is 9.52. The molecule has 0 spiro atoms. The molecular formula is C52H98N8O6. The number of nitrogens with one attached hydrogen (secondary N) is 4. The molecule has 0 bridgehead atoms. The number of likely N-dealkylation sites (tertiary alicyclic amines) is 2. The van der Waals surface area contributed by atoms with Crippen molar-refractivity contribution in [2.45, 2.75) is 256 Å². The van der Waals surface area contributed by atoms with E-state index < -0.39 is 24.2 Å². The molecule has 0 radical (unpaired) electrons. The second-order valence-electron chi connectivity index (χ2n) is 19.3. The van der Waals surface area contributed by atoms with Crippen LogP contribution in [-0.2, 0) is 28.8 Å². The first-order valence-electron chi connectivity index (χ1n) is 27.3. The highest BCUT2D eigenvalue weighted by Crippen LogP contribution is 2.22. The molecule has 0 aromatic heterocycles. The Bertz CT molecular complexity index is 1240. The molecule has 4 atom stereocenters. The third kappa shape index (κ3) is 25.8. The van der Waals surface area contributed by atoms with Gasteiger partial charge in [0.25, 0.3) is 0 Å². The quantitative estimate of drug-likeness (QED) is 0.0332. The Morgan fingerprint density at radius 2 is 0.773 bits per heavy atom. The Hall–Kier alpha value is -3.26. The number of nitrogens with zero attached hydrogens (tertiary/aromatic N) is 2. The Balaban J connectivity index is 1.81. The SMILES string of the molecule is CCCCCCCCCCCCCC(=O)N1CCCC1C(=O)NC(CCCCN)C(=O)NCCNC(=O)C(CCCCN)NC(=O)C1CCCN1C(=O)CCCCCCCCCCCCC. The van der Waals surface area contributed by atoms with Gasteiger partial charge in [0.15, 0.2) is 0 Å². The van der Waals surface area contributed by atoms with Crippen molar-refractivity contribution in [2.75, 3.05) is 39.3 Å². The molecule has 4 unspecified atom stereocenters. The molecule has 382 valence electrons. The largest absolute Gasteiger partial charge is 0.353 e. The van der Waals surface area contributed by atoms with Crippen molar-refractivity contribution in [3.05, 3.63) is 0 Å². The Morgan fingerprint density at radius 3 is 1.09 bits per heavy atom. The van der Waals surface area contributed by atoms with Crippen LogP contribution in [0.4, 0.5) is 0 Å². The zero-order valence-electron chi connectivity index (χ0n) is 42.1. The van der Waals surface area contributed by atoms with Crippen LogP contribution < -0.4 is 32.7 Å². The standard InChI is InChI=1S/C52H98N8O6/c1-3-5-7-9-11-13-15-17-19-21-23-35-47(61)59-41-29-33-45(59)51(65)57-43(31-25-27-37-53)49(63)55-39-40-56-50(64)44(32-26-28-38-54)58-52(66)46-34-30-42-60(46)48(62)36-24-22-20-18-16-14-12-10-8-6-4-2/h43-46H,3-42,53-54H2,1-2H3,(H,55,63)(H,56,64)(H,57,65)(H,58,66). The second-order valence-corrected chi connectivity index (χ2v) is 19.3. The second kappa shape index (κ2) is 38.7. The van der Waals surface area contributed by atoms with Crippen molar-refractivity contribution < 1.29 is 28.8 Å². The molecule has 2 aliphatic heterocycles. The number of unbranched alkanes of at least 4 members (excludes halogenated alkanes) is 22. The van der Waals surface area contributed by atoms with E-state index in [0.29, 0.717) is 90.4 Å². The van der Waals surface area contributed by atoms with Crippen LogP contribution in [0.25, 0.3) is 0 Å². The molecule has 2 fully saturated rings. The summed E-state index contributed by atoms with van der Waals surface area (Å²) in [6.45, 7) is 6.74. The van der Waals surface area contributed by atoms with Crippen LogP contribution in [0.3, 0.4) is 0 Å². The first-order valence-corrected chi connectivity index (χ1v) is 27.3. The average Bonchev–Trinajstić information content (AvgIpc) is 4.02. The van der Waals surface area contributed by atoms with Crippen LogP contribution in [0, 0.1) is 0 Å². The summed E-state index contributed by atoms with van der Waals surface area (Å²) in [6, 6.07) is -2.80. The zero-order chi connectivity index (χ0) is 48.0. The minimum atomic E-state index is -0.806. The van der Waals surface area contributed by atoms with Gasteiger partial charge in [-0.3, -0.25) is 28.8 Å². The number of amides is 6. The van der Waals surface area contributed by atoms with Gasteiger partial charge in [-0.15, -0.1) is 0 Å². The van der Waals surface area contributed by atoms with E-state index in [-0.39, 0.29) is 48.5 Å². The van der Waals surface area contributed by atoms with Crippen molar-refractivity contribution in [1.29, 1.82) is 0 Å². The lowest BCUT2D eigenvalue weighted by molar-refractivity contribution is -0.139. The summed E-state index contributed by atoms with van der Waals surface area (Å²) in [4.78, 5) is 84.1. The third-order valence-electron chi connectivity index (χ3n) is 13.6. The summed E-state index contributed by atoms with van der Waals surface area (Å²) in [7, 11) is 0. The number of carbonyl (C=O) groups excluding carboxylic acids is 6. The van der Waals surface area contributed by atoms with E-state index in [0.717, 1.165) is 51.4 Å². The van der Waals surface area contributed by atoms with Gasteiger partial charge in [-0.05, 0) is 90.1 Å². The highest BCUT2D eigenvalue weighted by Gasteiger charge is 2.37. The summed E-state index contributed by atoms with van der Waals surface area (Å²) < 4.78 is 0. The van der Waals surface area contributed by atoms with Crippen molar-refractivity contribution >= 4 is 35.4 Å². The molecule has 0 aliphatic carbocycles. The van der Waals surface area contributed by atoms with Crippen molar-refractivity contribution in [3.8, 4) is 0 Å². The highest BCUT2D eigenvalue weighted by atomic mass is 16.2. The predicted molar refractivity (Wildman–Crippen MR) is 267 cm³/mol. The number of hydrogen-bond acceptors (Lipinski definition) is 8. The first kappa shape index (κ1) is 58.9. The third-order valence-corrected chi connectivity index (χ3v) is 13.6. The van der Waals surface area contributed by atoms with Gasteiger partial charge >= 0.3 is 0 Å². The normalized spacial score (nSPS) is 16.8. The molecule has 14 nitrogen and oxygen atoms in total. The zero-order valence-corrected chi connectivity index (χ0v) is 42.1. The van der Waals surface area contributed by atoms with E-state index in [9.17, 15) is 28.8 Å². The fraction of sp³-hybridized carbons (Fsp3) is 0.885. The van der Waals surface area contributed by atoms with E-state index in [2.05, 4.69) is 35.1 Å². The summed E-state index contributed by atoms with van der Waals surface area (Å²) in [6.07, 6.45) is 33.6. The predicted octanol–water partition coefficient (Wildman–Crippen LogP) is 7.83. The molecule has 2 saturated heterocycles. The van der Waals surface area contributed by atoms with Crippen LogP contribution >= 0.6 is 0 Å². The topological polar surface area (TPSA) is 209 Å². The molecule has 6 amide bonds. The minimum Gasteiger partial charge on any atom is -0.353 e. The van der Waals surface area contributed by atoms with Gasteiger partial charge in [0.05, 0.1) is 0 Å².